The van der Waals surface area contributed by atoms with Crippen molar-refractivity contribution in [3.63, 3.8) is 0 Å². The zero-order chi connectivity index (χ0) is 21.4. The van der Waals surface area contributed by atoms with Crippen molar-refractivity contribution < 1.29 is 0 Å². The first-order valence-corrected chi connectivity index (χ1v) is 11.8. The van der Waals surface area contributed by atoms with Crippen LogP contribution in [0.5, 0.6) is 0 Å². The normalized spacial score (nSPS) is 15.2. The average Bonchev–Trinajstić information content (AvgIpc) is 3.08. The quantitative estimate of drug-likeness (QED) is 0.365. The number of aromatic nitrogens is 2. The number of hydrogen-bond donors (Lipinski definition) is 0. The molecule has 6 heteroatoms. The van der Waals surface area contributed by atoms with Crippen LogP contribution in [0.15, 0.2) is 60.7 Å². The van der Waals surface area contributed by atoms with E-state index in [9.17, 15) is 0 Å². The van der Waals surface area contributed by atoms with Gasteiger partial charge in [-0.05, 0) is 42.1 Å². The minimum atomic E-state index is 0.253. The van der Waals surface area contributed by atoms with E-state index in [2.05, 4.69) is 94.3 Å². The maximum Gasteiger partial charge on any atom is 0.225 e. The summed E-state index contributed by atoms with van der Waals surface area (Å²) in [5.41, 5.74) is 3.93. The molecule has 0 bridgehead atoms. The lowest BCUT2D eigenvalue weighted by Crippen LogP contribution is -2.48. The molecule has 158 valence electrons. The molecule has 0 amide bonds. The van der Waals surface area contributed by atoms with Crippen LogP contribution in [0.25, 0.3) is 10.2 Å². The second-order valence-corrected chi connectivity index (χ2v) is 9.57. The Bertz CT molecular complexity index is 1150. The molecule has 2 aromatic carbocycles. The van der Waals surface area contributed by atoms with Crippen LogP contribution in [-0.4, -0.2) is 41.0 Å². The number of thiophene rings is 1. The molecule has 0 unspecified atom stereocenters. The highest BCUT2D eigenvalue weighted by Gasteiger charge is 2.28. The van der Waals surface area contributed by atoms with Gasteiger partial charge in [-0.15, -0.1) is 11.3 Å². The summed E-state index contributed by atoms with van der Waals surface area (Å²) in [5, 5.41) is 1.49. The first kappa shape index (κ1) is 20.4. The molecule has 3 heterocycles. The molecule has 0 saturated carbocycles. The van der Waals surface area contributed by atoms with Gasteiger partial charge in [0.15, 0.2) is 0 Å². The molecular weight excluding hydrogens is 424 g/mol. The summed E-state index contributed by atoms with van der Waals surface area (Å²) in [6, 6.07) is 21.9. The maximum absolute atomic E-state index is 6.29. The lowest BCUT2D eigenvalue weighted by Gasteiger charge is -2.40. The van der Waals surface area contributed by atoms with Gasteiger partial charge in [0, 0.05) is 31.1 Å². The Morgan fingerprint density at radius 2 is 1.42 bits per heavy atom. The van der Waals surface area contributed by atoms with Gasteiger partial charge in [0.2, 0.25) is 5.28 Å². The van der Waals surface area contributed by atoms with Gasteiger partial charge >= 0.3 is 0 Å². The fourth-order valence-electron chi connectivity index (χ4n) is 4.51. The van der Waals surface area contributed by atoms with E-state index >= 15 is 0 Å². The molecule has 0 atom stereocenters. The van der Waals surface area contributed by atoms with Gasteiger partial charge in [0.1, 0.15) is 10.6 Å². The molecule has 1 aliphatic heterocycles. The van der Waals surface area contributed by atoms with Crippen LogP contribution in [0.2, 0.25) is 5.28 Å². The lowest BCUT2D eigenvalue weighted by atomic mass is 9.96. The van der Waals surface area contributed by atoms with Crippen molar-refractivity contribution in [2.75, 3.05) is 31.1 Å². The predicted molar refractivity (Wildman–Crippen MR) is 130 cm³/mol. The van der Waals surface area contributed by atoms with Gasteiger partial charge in [0.25, 0.3) is 0 Å². The summed E-state index contributed by atoms with van der Waals surface area (Å²) < 4.78 is 0. The fourth-order valence-corrected chi connectivity index (χ4v) is 5.75. The number of hydrogen-bond acceptors (Lipinski definition) is 5. The Morgan fingerprint density at radius 1 is 0.839 bits per heavy atom. The van der Waals surface area contributed by atoms with E-state index < -0.39 is 0 Å². The molecule has 1 saturated heterocycles. The first-order chi connectivity index (χ1) is 15.1. The monoisotopic (exact) mass is 448 g/mol. The van der Waals surface area contributed by atoms with Crippen LogP contribution >= 0.6 is 22.9 Å². The molecule has 0 aliphatic carbocycles. The summed E-state index contributed by atoms with van der Waals surface area (Å²) >= 11 is 7.99. The number of fused-ring (bicyclic) bond motifs is 1. The van der Waals surface area contributed by atoms with Gasteiger partial charge in [-0.1, -0.05) is 60.7 Å². The van der Waals surface area contributed by atoms with Crippen LogP contribution in [0.1, 0.15) is 27.6 Å². The molecule has 1 fully saturated rings. The van der Waals surface area contributed by atoms with Crippen molar-refractivity contribution in [3.8, 4) is 0 Å². The number of rotatable bonds is 4. The van der Waals surface area contributed by atoms with E-state index in [1.54, 1.807) is 11.3 Å². The first-order valence-electron chi connectivity index (χ1n) is 10.6. The van der Waals surface area contributed by atoms with E-state index in [4.69, 9.17) is 11.6 Å². The van der Waals surface area contributed by atoms with Crippen molar-refractivity contribution in [3.05, 3.63) is 87.5 Å². The molecule has 2 aromatic heterocycles. The second kappa shape index (κ2) is 8.58. The standard InChI is InChI=1S/C25H25ClN4S/c1-17-18(2)31-24-21(17)23(27-25(26)28-24)30-15-13-29(14-16-30)22(19-9-5-3-6-10-19)20-11-7-4-8-12-20/h3-12,22H,13-16H2,1-2H3. The third kappa shape index (κ3) is 3.93. The van der Waals surface area contributed by atoms with Crippen LogP contribution < -0.4 is 4.90 Å². The van der Waals surface area contributed by atoms with Crippen molar-refractivity contribution in [1.29, 1.82) is 0 Å². The minimum absolute atomic E-state index is 0.253. The zero-order valence-corrected chi connectivity index (χ0v) is 19.3. The number of nitrogens with zero attached hydrogens (tertiary/aromatic N) is 4. The van der Waals surface area contributed by atoms with Gasteiger partial charge in [-0.2, -0.15) is 4.98 Å². The Balaban J connectivity index is 1.44. The van der Waals surface area contributed by atoms with Crippen molar-refractivity contribution in [2.45, 2.75) is 19.9 Å². The van der Waals surface area contributed by atoms with Gasteiger partial charge in [-0.25, -0.2) is 4.98 Å². The summed E-state index contributed by atoms with van der Waals surface area (Å²) in [4.78, 5) is 16.3. The molecule has 1 aliphatic rings. The minimum Gasteiger partial charge on any atom is -0.353 e. The Hall–Kier alpha value is -2.47. The molecule has 0 radical (unpaired) electrons. The molecule has 4 nitrogen and oxygen atoms in total. The molecule has 5 rings (SSSR count). The molecule has 4 aromatic rings. The number of piperazine rings is 1. The van der Waals surface area contributed by atoms with Crippen LogP contribution in [0, 0.1) is 13.8 Å². The molecular formula is C25H25ClN4S. The van der Waals surface area contributed by atoms with E-state index in [0.29, 0.717) is 5.28 Å². The summed E-state index contributed by atoms with van der Waals surface area (Å²) in [6.07, 6.45) is 0. The third-order valence-corrected chi connectivity index (χ3v) is 7.46. The van der Waals surface area contributed by atoms with E-state index in [-0.39, 0.29) is 6.04 Å². The zero-order valence-electron chi connectivity index (χ0n) is 17.8. The molecule has 0 N–H and O–H groups in total. The van der Waals surface area contributed by atoms with Gasteiger partial charge < -0.3 is 4.90 Å². The highest BCUT2D eigenvalue weighted by atomic mass is 35.5. The molecule has 31 heavy (non-hydrogen) atoms. The van der Waals surface area contributed by atoms with E-state index in [1.807, 2.05) is 0 Å². The smallest absolute Gasteiger partial charge is 0.225 e. The topological polar surface area (TPSA) is 32.3 Å². The van der Waals surface area contributed by atoms with Crippen LogP contribution in [-0.2, 0) is 0 Å². The van der Waals surface area contributed by atoms with Crippen LogP contribution in [0.4, 0.5) is 5.82 Å². The second-order valence-electron chi connectivity index (χ2n) is 8.03. The Morgan fingerprint density at radius 3 is 2.00 bits per heavy atom. The summed E-state index contributed by atoms with van der Waals surface area (Å²) in [6.45, 7) is 8.03. The van der Waals surface area contributed by atoms with Crippen LogP contribution in [0.3, 0.4) is 0 Å². The third-order valence-electron chi connectivity index (χ3n) is 6.19. The Kier molecular flexibility index (Phi) is 5.65. The average molecular weight is 449 g/mol. The summed E-state index contributed by atoms with van der Waals surface area (Å²) in [7, 11) is 0. The molecule has 0 spiro atoms. The number of halogens is 1. The van der Waals surface area contributed by atoms with E-state index in [1.165, 1.54) is 21.6 Å². The number of anilines is 1. The maximum atomic E-state index is 6.29. The van der Waals surface area contributed by atoms with Gasteiger partial charge in [-0.3, -0.25) is 4.90 Å². The van der Waals surface area contributed by atoms with Gasteiger partial charge in [0.05, 0.1) is 11.4 Å². The summed E-state index contributed by atoms with van der Waals surface area (Å²) in [5.74, 6) is 0.979. The number of aryl methyl sites for hydroxylation is 2. The largest absolute Gasteiger partial charge is 0.353 e. The Labute approximate surface area is 192 Å². The predicted octanol–water partition coefficient (Wildman–Crippen LogP) is 5.87. The highest BCUT2D eigenvalue weighted by Crippen LogP contribution is 2.37. The van der Waals surface area contributed by atoms with Crippen molar-refractivity contribution in [1.82, 2.24) is 14.9 Å². The lowest BCUT2D eigenvalue weighted by molar-refractivity contribution is 0.212. The van der Waals surface area contributed by atoms with E-state index in [0.717, 1.165) is 42.2 Å². The fraction of sp³-hybridized carbons (Fsp3) is 0.280. The van der Waals surface area contributed by atoms with Crippen molar-refractivity contribution in [2.24, 2.45) is 0 Å². The number of benzene rings is 2. The highest BCUT2D eigenvalue weighted by molar-refractivity contribution is 7.18. The SMILES string of the molecule is Cc1sc2nc(Cl)nc(N3CCN(C(c4ccccc4)c4ccccc4)CC3)c2c1C. The van der Waals surface area contributed by atoms with Crippen molar-refractivity contribution >= 4 is 39.0 Å².